The standard InChI is InChI=1S/C14H21N3O3S.ClH/c1-3-14(4-2,10-15)16-13(18)9-21-12-7-5-11(6-8-12)17(19)20;/h5-8H,3-4,9-10,15H2,1-2H3,(H,16,18);1H. The van der Waals surface area contributed by atoms with Crippen molar-refractivity contribution >= 4 is 35.8 Å². The number of thioether (sulfide) groups is 1. The second-order valence-electron chi connectivity index (χ2n) is 4.78. The summed E-state index contributed by atoms with van der Waals surface area (Å²) in [6.07, 6.45) is 1.57. The van der Waals surface area contributed by atoms with Crippen molar-refractivity contribution < 1.29 is 9.72 Å². The number of hydrogen-bond acceptors (Lipinski definition) is 5. The van der Waals surface area contributed by atoms with Crippen LogP contribution in [0.2, 0.25) is 0 Å². The highest BCUT2D eigenvalue weighted by molar-refractivity contribution is 8.00. The first kappa shape index (κ1) is 20.7. The molecule has 0 aromatic heterocycles. The summed E-state index contributed by atoms with van der Waals surface area (Å²) in [5.74, 6) is 0.187. The zero-order valence-corrected chi connectivity index (χ0v) is 14.3. The number of carbonyl (C=O) groups is 1. The van der Waals surface area contributed by atoms with Crippen molar-refractivity contribution in [2.24, 2.45) is 5.73 Å². The van der Waals surface area contributed by atoms with Crippen LogP contribution in [-0.4, -0.2) is 28.7 Å². The molecule has 1 aromatic carbocycles. The average molecular weight is 348 g/mol. The molecule has 0 heterocycles. The average Bonchev–Trinajstić information content (AvgIpc) is 2.51. The molecule has 1 amide bonds. The fourth-order valence-corrected chi connectivity index (χ4v) is 2.61. The van der Waals surface area contributed by atoms with Gasteiger partial charge in [0.15, 0.2) is 0 Å². The summed E-state index contributed by atoms with van der Waals surface area (Å²) < 4.78 is 0. The number of amides is 1. The van der Waals surface area contributed by atoms with Gasteiger partial charge in [0.2, 0.25) is 5.91 Å². The topological polar surface area (TPSA) is 98.3 Å². The van der Waals surface area contributed by atoms with Crippen LogP contribution in [0.5, 0.6) is 0 Å². The number of benzene rings is 1. The first-order valence-electron chi connectivity index (χ1n) is 6.84. The molecule has 0 saturated carbocycles. The van der Waals surface area contributed by atoms with Crippen LogP contribution >= 0.6 is 24.2 Å². The van der Waals surface area contributed by atoms with Gasteiger partial charge in [0.05, 0.1) is 16.2 Å². The molecular weight excluding hydrogens is 326 g/mol. The summed E-state index contributed by atoms with van der Waals surface area (Å²) in [6, 6.07) is 6.16. The Hall–Kier alpha value is -1.31. The maximum absolute atomic E-state index is 12.0. The number of nitrogens with one attached hydrogen (secondary N) is 1. The number of hydrogen-bond donors (Lipinski definition) is 2. The lowest BCUT2D eigenvalue weighted by atomic mass is 9.93. The molecule has 0 aliphatic heterocycles. The van der Waals surface area contributed by atoms with Gasteiger partial charge in [-0.1, -0.05) is 13.8 Å². The van der Waals surface area contributed by atoms with Crippen molar-refractivity contribution in [3.8, 4) is 0 Å². The van der Waals surface area contributed by atoms with Crippen LogP contribution in [0.3, 0.4) is 0 Å². The Kier molecular flexibility index (Phi) is 9.08. The van der Waals surface area contributed by atoms with Gasteiger partial charge < -0.3 is 11.1 Å². The quantitative estimate of drug-likeness (QED) is 0.428. The SMILES string of the molecule is CCC(CC)(CN)NC(=O)CSc1ccc([N+](=O)[O-])cc1.Cl. The van der Waals surface area contributed by atoms with Gasteiger partial charge in [-0.05, 0) is 25.0 Å². The van der Waals surface area contributed by atoms with Crippen LogP contribution in [0.25, 0.3) is 0 Å². The maximum Gasteiger partial charge on any atom is 0.269 e. The summed E-state index contributed by atoms with van der Waals surface area (Å²) >= 11 is 1.35. The molecule has 8 heteroatoms. The summed E-state index contributed by atoms with van der Waals surface area (Å²) in [6.45, 7) is 4.41. The summed E-state index contributed by atoms with van der Waals surface area (Å²) in [7, 11) is 0. The van der Waals surface area contributed by atoms with E-state index in [1.54, 1.807) is 12.1 Å². The minimum Gasteiger partial charge on any atom is -0.349 e. The minimum atomic E-state index is -0.445. The molecule has 0 aliphatic carbocycles. The largest absolute Gasteiger partial charge is 0.349 e. The van der Waals surface area contributed by atoms with Gasteiger partial charge >= 0.3 is 0 Å². The number of halogens is 1. The van der Waals surface area contributed by atoms with Crippen LogP contribution in [0.15, 0.2) is 29.2 Å². The molecule has 0 spiro atoms. The van der Waals surface area contributed by atoms with Crippen molar-refractivity contribution in [3.05, 3.63) is 34.4 Å². The Labute approximate surface area is 140 Å². The van der Waals surface area contributed by atoms with Gasteiger partial charge in [0.1, 0.15) is 0 Å². The van der Waals surface area contributed by atoms with Crippen LogP contribution in [0, 0.1) is 10.1 Å². The Morgan fingerprint density at radius 1 is 1.32 bits per heavy atom. The third-order valence-electron chi connectivity index (χ3n) is 3.57. The number of nitrogens with two attached hydrogens (primary N) is 1. The molecule has 1 rings (SSSR count). The van der Waals surface area contributed by atoms with Crippen LogP contribution in [0.1, 0.15) is 26.7 Å². The van der Waals surface area contributed by atoms with E-state index in [-0.39, 0.29) is 35.3 Å². The lowest BCUT2D eigenvalue weighted by Gasteiger charge is -2.31. The van der Waals surface area contributed by atoms with Crippen LogP contribution < -0.4 is 11.1 Å². The van der Waals surface area contributed by atoms with Crippen LogP contribution in [-0.2, 0) is 4.79 Å². The highest BCUT2D eigenvalue weighted by Gasteiger charge is 2.26. The first-order valence-corrected chi connectivity index (χ1v) is 7.83. The van der Waals surface area contributed by atoms with E-state index >= 15 is 0 Å². The molecule has 22 heavy (non-hydrogen) atoms. The van der Waals surface area contributed by atoms with Crippen molar-refractivity contribution in [3.63, 3.8) is 0 Å². The molecule has 0 fully saturated rings. The van der Waals surface area contributed by atoms with E-state index < -0.39 is 4.92 Å². The van der Waals surface area contributed by atoms with E-state index in [0.29, 0.717) is 6.54 Å². The molecule has 1 aromatic rings. The van der Waals surface area contributed by atoms with E-state index in [1.165, 1.54) is 23.9 Å². The van der Waals surface area contributed by atoms with Gasteiger partial charge in [-0.3, -0.25) is 14.9 Å². The van der Waals surface area contributed by atoms with Gasteiger partial charge in [-0.2, -0.15) is 0 Å². The smallest absolute Gasteiger partial charge is 0.269 e. The fraction of sp³-hybridized carbons (Fsp3) is 0.500. The third kappa shape index (κ3) is 5.82. The van der Waals surface area contributed by atoms with Gasteiger partial charge in [-0.15, -0.1) is 24.2 Å². The highest BCUT2D eigenvalue weighted by Crippen LogP contribution is 2.21. The summed E-state index contributed by atoms with van der Waals surface area (Å²) in [4.78, 5) is 22.9. The van der Waals surface area contributed by atoms with E-state index in [1.807, 2.05) is 13.8 Å². The highest BCUT2D eigenvalue weighted by atomic mass is 35.5. The van der Waals surface area contributed by atoms with E-state index in [9.17, 15) is 14.9 Å². The predicted molar refractivity (Wildman–Crippen MR) is 91.6 cm³/mol. The number of rotatable bonds is 8. The fourth-order valence-electron chi connectivity index (χ4n) is 1.91. The molecule has 0 unspecified atom stereocenters. The van der Waals surface area contributed by atoms with Crippen molar-refractivity contribution in [2.45, 2.75) is 37.1 Å². The van der Waals surface area contributed by atoms with Crippen molar-refractivity contribution in [1.82, 2.24) is 5.32 Å². The Morgan fingerprint density at radius 2 is 1.86 bits per heavy atom. The molecular formula is C14H22ClN3O3S. The number of carbonyl (C=O) groups excluding carboxylic acids is 1. The van der Waals surface area contributed by atoms with E-state index in [2.05, 4.69) is 5.32 Å². The summed E-state index contributed by atoms with van der Waals surface area (Å²) in [5, 5.41) is 13.5. The zero-order chi connectivity index (χ0) is 15.9. The van der Waals surface area contributed by atoms with Crippen molar-refractivity contribution in [2.75, 3.05) is 12.3 Å². The predicted octanol–water partition coefficient (Wildman–Crippen LogP) is 2.74. The van der Waals surface area contributed by atoms with E-state index in [4.69, 9.17) is 5.73 Å². The number of nitrogens with zero attached hydrogens (tertiary/aromatic N) is 1. The molecule has 0 saturated heterocycles. The molecule has 0 radical (unpaired) electrons. The molecule has 3 N–H and O–H groups in total. The molecule has 0 atom stereocenters. The monoisotopic (exact) mass is 347 g/mol. The molecule has 0 aliphatic rings. The maximum atomic E-state index is 12.0. The molecule has 124 valence electrons. The molecule has 6 nitrogen and oxygen atoms in total. The second-order valence-corrected chi connectivity index (χ2v) is 5.83. The number of nitro groups is 1. The number of nitro benzene ring substituents is 1. The zero-order valence-electron chi connectivity index (χ0n) is 12.7. The Morgan fingerprint density at radius 3 is 2.27 bits per heavy atom. The van der Waals surface area contributed by atoms with Gasteiger partial charge in [-0.25, -0.2) is 0 Å². The Bertz CT molecular complexity index is 484. The van der Waals surface area contributed by atoms with Gasteiger partial charge in [0, 0.05) is 23.6 Å². The normalized spacial score (nSPS) is 10.7. The minimum absolute atomic E-state index is 0. The molecule has 0 bridgehead atoms. The second kappa shape index (κ2) is 9.66. The third-order valence-corrected chi connectivity index (χ3v) is 4.58. The first-order chi connectivity index (χ1) is 9.96. The van der Waals surface area contributed by atoms with E-state index in [0.717, 1.165) is 17.7 Å². The van der Waals surface area contributed by atoms with Gasteiger partial charge in [0.25, 0.3) is 5.69 Å². The number of non-ortho nitro benzene ring substituents is 1. The van der Waals surface area contributed by atoms with Crippen LogP contribution in [0.4, 0.5) is 5.69 Å². The Balaban J connectivity index is 0.00000441. The lowest BCUT2D eigenvalue weighted by molar-refractivity contribution is -0.384. The summed E-state index contributed by atoms with van der Waals surface area (Å²) in [5.41, 5.74) is 5.45. The van der Waals surface area contributed by atoms with Crippen molar-refractivity contribution in [1.29, 1.82) is 0 Å². The lowest BCUT2D eigenvalue weighted by Crippen LogP contribution is -2.53.